The number of phenols is 1. The minimum Gasteiger partial charge on any atom is -0.508 e. The van der Waals surface area contributed by atoms with Crippen molar-refractivity contribution in [1.29, 1.82) is 0 Å². The number of rotatable bonds is 2. The van der Waals surface area contributed by atoms with E-state index in [1.54, 1.807) is 29.5 Å². The molecule has 27 heavy (non-hydrogen) atoms. The number of thiazole rings is 1. The van der Waals surface area contributed by atoms with Gasteiger partial charge in [0.2, 0.25) is 0 Å². The van der Waals surface area contributed by atoms with Crippen molar-refractivity contribution >= 4 is 22.9 Å². The summed E-state index contributed by atoms with van der Waals surface area (Å²) in [6, 6.07) is 11.3. The van der Waals surface area contributed by atoms with E-state index in [9.17, 15) is 9.90 Å². The summed E-state index contributed by atoms with van der Waals surface area (Å²) in [7, 11) is 0. The Morgan fingerprint density at radius 3 is 2.67 bits per heavy atom. The molecule has 0 fully saturated rings. The number of aryl methyl sites for hydroxylation is 4. The summed E-state index contributed by atoms with van der Waals surface area (Å²) in [5.74, 6) is 0.175. The van der Waals surface area contributed by atoms with E-state index in [1.807, 2.05) is 25.7 Å². The summed E-state index contributed by atoms with van der Waals surface area (Å²) in [5, 5.41) is 10.7. The van der Waals surface area contributed by atoms with Gasteiger partial charge in [-0.25, -0.2) is 4.98 Å². The average Bonchev–Trinajstić information content (AvgIpc) is 2.98. The maximum absolute atomic E-state index is 13.1. The molecule has 0 aliphatic carbocycles. The van der Waals surface area contributed by atoms with Crippen molar-refractivity contribution in [1.82, 2.24) is 4.98 Å². The van der Waals surface area contributed by atoms with Crippen molar-refractivity contribution in [3.8, 4) is 16.2 Å². The number of carbonyl (C=O) groups is 1. The Kier molecular flexibility index (Phi) is 4.48. The molecular weight excluding hydrogens is 356 g/mol. The van der Waals surface area contributed by atoms with Crippen LogP contribution in [-0.2, 0) is 6.42 Å². The summed E-state index contributed by atoms with van der Waals surface area (Å²) in [4.78, 5) is 20.7. The zero-order valence-corrected chi connectivity index (χ0v) is 16.6. The Bertz CT molecular complexity index is 1040. The van der Waals surface area contributed by atoms with Crippen LogP contribution in [0.25, 0.3) is 10.4 Å². The highest BCUT2D eigenvalue weighted by molar-refractivity contribution is 7.15. The Morgan fingerprint density at radius 2 is 1.96 bits per heavy atom. The fourth-order valence-electron chi connectivity index (χ4n) is 3.78. The van der Waals surface area contributed by atoms with E-state index in [1.165, 1.54) is 16.0 Å². The molecule has 1 N–H and O–H groups in total. The van der Waals surface area contributed by atoms with Gasteiger partial charge >= 0.3 is 0 Å². The van der Waals surface area contributed by atoms with Crippen LogP contribution < -0.4 is 4.90 Å². The lowest BCUT2D eigenvalue weighted by Crippen LogP contribution is -2.35. The fourth-order valence-corrected chi connectivity index (χ4v) is 4.70. The van der Waals surface area contributed by atoms with E-state index >= 15 is 0 Å². The number of anilines is 1. The molecule has 2 aromatic carbocycles. The molecule has 2 heterocycles. The molecule has 0 saturated carbocycles. The SMILES string of the molecule is Cc1nc(C)c(-c2ccc3c(c2)CCCN3C(=O)c2ccc(O)cc2C)s1. The van der Waals surface area contributed by atoms with Crippen molar-refractivity contribution < 1.29 is 9.90 Å². The number of nitrogens with zero attached hydrogens (tertiary/aromatic N) is 2. The first-order valence-corrected chi connectivity index (χ1v) is 9.94. The van der Waals surface area contributed by atoms with Gasteiger partial charge < -0.3 is 10.0 Å². The van der Waals surface area contributed by atoms with Gasteiger partial charge in [-0.05, 0) is 80.6 Å². The van der Waals surface area contributed by atoms with E-state index in [0.717, 1.165) is 34.8 Å². The number of aromatic hydroxyl groups is 1. The monoisotopic (exact) mass is 378 g/mol. The number of phenolic OH excluding ortho intramolecular Hbond substituents is 1. The van der Waals surface area contributed by atoms with Crippen LogP contribution >= 0.6 is 11.3 Å². The van der Waals surface area contributed by atoms with Gasteiger partial charge in [0.15, 0.2) is 0 Å². The number of benzene rings is 2. The zero-order chi connectivity index (χ0) is 19.1. The summed E-state index contributed by atoms with van der Waals surface area (Å²) in [6.45, 7) is 6.64. The number of fused-ring (bicyclic) bond motifs is 1. The Hall–Kier alpha value is -2.66. The Labute approximate surface area is 163 Å². The minimum absolute atomic E-state index is 0.00832. The molecule has 4 nitrogen and oxygen atoms in total. The predicted molar refractivity (Wildman–Crippen MR) is 110 cm³/mol. The molecule has 5 heteroatoms. The Morgan fingerprint density at radius 1 is 1.15 bits per heavy atom. The van der Waals surface area contributed by atoms with Crippen molar-refractivity contribution in [2.45, 2.75) is 33.6 Å². The van der Waals surface area contributed by atoms with Crippen molar-refractivity contribution in [2.24, 2.45) is 0 Å². The minimum atomic E-state index is -0.00832. The molecule has 0 atom stereocenters. The first-order valence-electron chi connectivity index (χ1n) is 9.13. The van der Waals surface area contributed by atoms with Crippen LogP contribution in [0.15, 0.2) is 36.4 Å². The van der Waals surface area contributed by atoms with Gasteiger partial charge in [0.25, 0.3) is 5.91 Å². The van der Waals surface area contributed by atoms with Crippen LogP contribution in [0.3, 0.4) is 0 Å². The van der Waals surface area contributed by atoms with Gasteiger partial charge in [-0.15, -0.1) is 11.3 Å². The molecule has 0 saturated heterocycles. The molecule has 0 radical (unpaired) electrons. The molecule has 3 aromatic rings. The van der Waals surface area contributed by atoms with Crippen molar-refractivity contribution in [3.05, 3.63) is 63.8 Å². The predicted octanol–water partition coefficient (Wildman–Crippen LogP) is 5.03. The average molecular weight is 378 g/mol. The van der Waals surface area contributed by atoms with E-state index in [0.29, 0.717) is 12.1 Å². The normalized spacial score (nSPS) is 13.5. The van der Waals surface area contributed by atoms with Gasteiger partial charge in [-0.2, -0.15) is 0 Å². The number of hydrogen-bond donors (Lipinski definition) is 1. The van der Waals surface area contributed by atoms with Gasteiger partial charge in [-0.1, -0.05) is 6.07 Å². The third-order valence-electron chi connectivity index (χ3n) is 5.05. The molecule has 4 rings (SSSR count). The van der Waals surface area contributed by atoms with Gasteiger partial charge in [0, 0.05) is 17.8 Å². The first-order chi connectivity index (χ1) is 12.9. The molecule has 1 aliphatic rings. The van der Waals surface area contributed by atoms with Crippen LogP contribution in [0.1, 0.15) is 38.6 Å². The quantitative estimate of drug-likeness (QED) is 0.680. The number of amides is 1. The molecule has 0 unspecified atom stereocenters. The first kappa shape index (κ1) is 17.7. The third kappa shape index (κ3) is 3.23. The van der Waals surface area contributed by atoms with Crippen LogP contribution in [-0.4, -0.2) is 22.5 Å². The number of aromatic nitrogens is 1. The maximum atomic E-state index is 13.1. The summed E-state index contributed by atoms with van der Waals surface area (Å²) < 4.78 is 0. The second-order valence-corrected chi connectivity index (χ2v) is 8.25. The molecule has 1 aromatic heterocycles. The van der Waals surface area contributed by atoms with Crippen LogP contribution in [0.4, 0.5) is 5.69 Å². The highest BCUT2D eigenvalue weighted by atomic mass is 32.1. The van der Waals surface area contributed by atoms with Crippen molar-refractivity contribution in [3.63, 3.8) is 0 Å². The van der Waals surface area contributed by atoms with E-state index < -0.39 is 0 Å². The highest BCUT2D eigenvalue weighted by Crippen LogP contribution is 2.36. The lowest BCUT2D eigenvalue weighted by molar-refractivity contribution is 0.0984. The summed E-state index contributed by atoms with van der Waals surface area (Å²) >= 11 is 1.71. The molecule has 1 amide bonds. The standard InChI is InChI=1S/C22H22N2O2S/c1-13-11-18(25)7-8-19(13)22(26)24-10-4-5-16-12-17(6-9-20(16)24)21-14(2)23-15(3)27-21/h6-9,11-12,25H,4-5,10H2,1-3H3. The molecule has 0 bridgehead atoms. The highest BCUT2D eigenvalue weighted by Gasteiger charge is 2.25. The molecule has 0 spiro atoms. The van der Waals surface area contributed by atoms with Crippen LogP contribution in [0.5, 0.6) is 5.75 Å². The van der Waals surface area contributed by atoms with Crippen molar-refractivity contribution in [2.75, 3.05) is 11.4 Å². The topological polar surface area (TPSA) is 53.4 Å². The number of carbonyl (C=O) groups excluding carboxylic acids is 1. The van der Waals surface area contributed by atoms with E-state index in [4.69, 9.17) is 0 Å². The second kappa shape index (κ2) is 6.82. The molecular formula is C22H22N2O2S. The summed E-state index contributed by atoms with van der Waals surface area (Å²) in [6.07, 6.45) is 1.92. The lowest BCUT2D eigenvalue weighted by atomic mass is 9.97. The largest absolute Gasteiger partial charge is 0.508 e. The van der Waals surface area contributed by atoms with Crippen LogP contribution in [0.2, 0.25) is 0 Å². The van der Waals surface area contributed by atoms with E-state index in [2.05, 4.69) is 23.2 Å². The molecule has 138 valence electrons. The number of hydrogen-bond acceptors (Lipinski definition) is 4. The summed E-state index contributed by atoms with van der Waals surface area (Å²) in [5.41, 5.74) is 5.85. The Balaban J connectivity index is 1.71. The van der Waals surface area contributed by atoms with Gasteiger partial charge in [0.05, 0.1) is 15.6 Å². The third-order valence-corrected chi connectivity index (χ3v) is 6.17. The second-order valence-electron chi connectivity index (χ2n) is 7.05. The van der Waals surface area contributed by atoms with Crippen LogP contribution in [0, 0.1) is 20.8 Å². The fraction of sp³-hybridized carbons (Fsp3) is 0.273. The molecule has 1 aliphatic heterocycles. The van der Waals surface area contributed by atoms with Gasteiger partial charge in [-0.3, -0.25) is 4.79 Å². The van der Waals surface area contributed by atoms with Gasteiger partial charge in [0.1, 0.15) is 5.75 Å². The zero-order valence-electron chi connectivity index (χ0n) is 15.7. The smallest absolute Gasteiger partial charge is 0.258 e. The van der Waals surface area contributed by atoms with E-state index in [-0.39, 0.29) is 11.7 Å². The maximum Gasteiger partial charge on any atom is 0.258 e. The lowest BCUT2D eigenvalue weighted by Gasteiger charge is -2.30.